The number of hydrogen-bond acceptors (Lipinski definition) is 4. The molecule has 3 unspecified atom stereocenters. The molecule has 4 rings (SSSR count). The van der Waals surface area contributed by atoms with Gasteiger partial charge in [-0.15, -0.1) is 0 Å². The Kier molecular flexibility index (Phi) is 8.06. The molecule has 0 bridgehead atoms. The number of carbonyl (C=O) groups excluding carboxylic acids is 2. The smallest absolute Gasteiger partial charge is 0.407 e. The molecule has 186 valence electrons. The van der Waals surface area contributed by atoms with Gasteiger partial charge in [-0.05, 0) is 47.4 Å². The molecule has 7 heteroatoms. The Morgan fingerprint density at radius 3 is 2.31 bits per heavy atom. The third kappa shape index (κ3) is 6.02. The number of benzene rings is 2. The highest BCUT2D eigenvalue weighted by Crippen LogP contribution is 2.44. The second-order valence-corrected chi connectivity index (χ2v) is 9.60. The maximum atomic E-state index is 13.0. The molecule has 1 saturated carbocycles. The van der Waals surface area contributed by atoms with Crippen molar-refractivity contribution in [3.05, 3.63) is 59.7 Å². The largest absolute Gasteiger partial charge is 0.481 e. The van der Waals surface area contributed by atoms with Crippen LogP contribution < -0.4 is 10.6 Å². The summed E-state index contributed by atoms with van der Waals surface area (Å²) in [4.78, 5) is 36.8. The van der Waals surface area contributed by atoms with Crippen molar-refractivity contribution in [2.75, 3.05) is 6.61 Å². The molecule has 0 saturated heterocycles. The van der Waals surface area contributed by atoms with Gasteiger partial charge in [0.25, 0.3) is 0 Å². The van der Waals surface area contributed by atoms with Crippen LogP contribution in [-0.4, -0.2) is 41.8 Å². The lowest BCUT2D eigenvalue weighted by Crippen LogP contribution is -2.50. The van der Waals surface area contributed by atoms with Crippen LogP contribution in [-0.2, 0) is 14.3 Å². The number of rotatable bonds is 9. The van der Waals surface area contributed by atoms with Gasteiger partial charge in [-0.1, -0.05) is 74.7 Å². The van der Waals surface area contributed by atoms with Crippen molar-refractivity contribution in [1.29, 1.82) is 0 Å². The molecule has 2 amide bonds. The maximum absolute atomic E-state index is 13.0. The van der Waals surface area contributed by atoms with Crippen molar-refractivity contribution in [3.8, 4) is 11.1 Å². The molecule has 0 aliphatic heterocycles. The topological polar surface area (TPSA) is 105 Å². The van der Waals surface area contributed by atoms with Crippen LogP contribution in [0, 0.1) is 5.92 Å². The van der Waals surface area contributed by atoms with Crippen molar-refractivity contribution in [2.45, 2.75) is 69.9 Å². The first-order chi connectivity index (χ1) is 17.0. The van der Waals surface area contributed by atoms with E-state index < -0.39 is 18.1 Å². The van der Waals surface area contributed by atoms with Crippen molar-refractivity contribution >= 4 is 18.0 Å². The summed E-state index contributed by atoms with van der Waals surface area (Å²) in [6.45, 7) is 2.29. The van der Waals surface area contributed by atoms with Crippen LogP contribution in [0.4, 0.5) is 4.79 Å². The summed E-state index contributed by atoms with van der Waals surface area (Å²) in [5.41, 5.74) is 4.47. The lowest BCUT2D eigenvalue weighted by Gasteiger charge is -2.30. The summed E-state index contributed by atoms with van der Waals surface area (Å²) in [6.07, 6.45) is 4.20. The van der Waals surface area contributed by atoms with Crippen molar-refractivity contribution in [2.24, 2.45) is 5.92 Å². The first kappa shape index (κ1) is 24.8. The molecule has 0 spiro atoms. The zero-order valence-electron chi connectivity index (χ0n) is 20.2. The van der Waals surface area contributed by atoms with Gasteiger partial charge in [0.15, 0.2) is 0 Å². The van der Waals surface area contributed by atoms with Gasteiger partial charge >= 0.3 is 12.1 Å². The van der Waals surface area contributed by atoms with Crippen LogP contribution in [0.15, 0.2) is 48.5 Å². The lowest BCUT2D eigenvalue weighted by atomic mass is 9.84. The van der Waals surface area contributed by atoms with E-state index in [0.717, 1.165) is 47.9 Å². The molecule has 0 aromatic heterocycles. The Bertz CT molecular complexity index is 1020. The van der Waals surface area contributed by atoms with Crippen molar-refractivity contribution in [1.82, 2.24) is 10.6 Å². The number of fused-ring (bicyclic) bond motifs is 3. The number of hydrogen-bond donors (Lipinski definition) is 3. The minimum atomic E-state index is -1.01. The van der Waals surface area contributed by atoms with Crippen LogP contribution in [0.3, 0.4) is 0 Å². The Hall–Kier alpha value is -3.35. The Morgan fingerprint density at radius 1 is 1.03 bits per heavy atom. The molecule has 3 atom stereocenters. The minimum absolute atomic E-state index is 0.00921. The van der Waals surface area contributed by atoms with Gasteiger partial charge in [-0.3, -0.25) is 9.59 Å². The second-order valence-electron chi connectivity index (χ2n) is 9.60. The van der Waals surface area contributed by atoms with Gasteiger partial charge < -0.3 is 20.5 Å². The molecule has 7 nitrogen and oxygen atoms in total. The standard InChI is InChI=1S/C28H34N2O5/c1-2-18-8-7-9-19(16-18)29-27(33)25(14-15-26(31)32)30-28(34)35-17-24-22-12-5-3-10-20(22)21-11-4-6-13-23(21)24/h3-6,10-13,18-19,24-25H,2,7-9,14-17H2,1H3,(H,29,33)(H,30,34)(H,31,32). The first-order valence-corrected chi connectivity index (χ1v) is 12.6. The molecule has 0 radical (unpaired) electrons. The predicted molar refractivity (Wildman–Crippen MR) is 133 cm³/mol. The summed E-state index contributed by atoms with van der Waals surface area (Å²) < 4.78 is 5.57. The molecule has 1 fully saturated rings. The van der Waals surface area contributed by atoms with Gasteiger partial charge in [0.2, 0.25) is 5.91 Å². The van der Waals surface area contributed by atoms with E-state index in [9.17, 15) is 14.4 Å². The third-order valence-corrected chi connectivity index (χ3v) is 7.31. The average Bonchev–Trinajstić information content (AvgIpc) is 3.19. The van der Waals surface area contributed by atoms with Gasteiger partial charge in [0.1, 0.15) is 12.6 Å². The summed E-state index contributed by atoms with van der Waals surface area (Å²) >= 11 is 0. The Morgan fingerprint density at radius 2 is 1.69 bits per heavy atom. The van der Waals surface area contributed by atoms with Crippen LogP contribution in [0.2, 0.25) is 0 Å². The molecular formula is C28H34N2O5. The van der Waals surface area contributed by atoms with E-state index in [-0.39, 0.29) is 37.3 Å². The summed E-state index contributed by atoms with van der Waals surface area (Å²) in [5.74, 6) is -0.864. The highest BCUT2D eigenvalue weighted by molar-refractivity contribution is 5.86. The van der Waals surface area contributed by atoms with Crippen LogP contribution >= 0.6 is 0 Å². The number of nitrogens with one attached hydrogen (secondary N) is 2. The summed E-state index contributed by atoms with van der Waals surface area (Å²) in [5, 5.41) is 14.8. The van der Waals surface area contributed by atoms with Crippen LogP contribution in [0.25, 0.3) is 11.1 Å². The van der Waals surface area contributed by atoms with Gasteiger partial charge in [0, 0.05) is 18.4 Å². The molecule has 2 aromatic rings. The molecular weight excluding hydrogens is 444 g/mol. The van der Waals surface area contributed by atoms with Crippen molar-refractivity contribution < 1.29 is 24.2 Å². The predicted octanol–water partition coefficient (Wildman–Crippen LogP) is 4.84. The fourth-order valence-corrected chi connectivity index (χ4v) is 5.41. The lowest BCUT2D eigenvalue weighted by molar-refractivity contribution is -0.137. The van der Waals surface area contributed by atoms with E-state index in [1.165, 1.54) is 6.42 Å². The summed E-state index contributed by atoms with van der Waals surface area (Å²) in [7, 11) is 0. The highest BCUT2D eigenvalue weighted by atomic mass is 16.5. The highest BCUT2D eigenvalue weighted by Gasteiger charge is 2.31. The Balaban J connectivity index is 1.38. The zero-order valence-corrected chi connectivity index (χ0v) is 20.2. The quantitative estimate of drug-likeness (QED) is 0.478. The van der Waals surface area contributed by atoms with E-state index in [0.29, 0.717) is 5.92 Å². The number of carbonyl (C=O) groups is 3. The Labute approximate surface area is 206 Å². The molecule has 2 aliphatic rings. The first-order valence-electron chi connectivity index (χ1n) is 12.6. The van der Waals surface area contributed by atoms with E-state index in [1.54, 1.807) is 0 Å². The van der Waals surface area contributed by atoms with Crippen molar-refractivity contribution in [3.63, 3.8) is 0 Å². The fraction of sp³-hybridized carbons (Fsp3) is 0.464. The van der Waals surface area contributed by atoms with E-state index in [4.69, 9.17) is 9.84 Å². The van der Waals surface area contributed by atoms with Gasteiger partial charge in [0.05, 0.1) is 0 Å². The fourth-order valence-electron chi connectivity index (χ4n) is 5.41. The van der Waals surface area contributed by atoms with E-state index >= 15 is 0 Å². The SMILES string of the molecule is CCC1CCCC(NC(=O)C(CCC(=O)O)NC(=O)OCC2c3ccccc3-c3ccccc32)C1. The van der Waals surface area contributed by atoms with Crippen LogP contribution in [0.5, 0.6) is 0 Å². The van der Waals surface area contributed by atoms with Gasteiger partial charge in [-0.25, -0.2) is 4.79 Å². The number of carboxylic acids is 1. The second kappa shape index (κ2) is 11.4. The molecule has 2 aliphatic carbocycles. The average molecular weight is 479 g/mol. The number of alkyl carbamates (subject to hydrolysis) is 1. The van der Waals surface area contributed by atoms with E-state index in [2.05, 4.69) is 29.7 Å². The number of aliphatic carboxylic acids is 1. The molecule has 0 heterocycles. The number of amides is 2. The molecule has 3 N–H and O–H groups in total. The minimum Gasteiger partial charge on any atom is -0.481 e. The maximum Gasteiger partial charge on any atom is 0.407 e. The number of ether oxygens (including phenoxy) is 1. The van der Waals surface area contributed by atoms with Crippen LogP contribution in [0.1, 0.15) is 68.9 Å². The monoisotopic (exact) mass is 478 g/mol. The normalized spacial score (nSPS) is 19.8. The molecule has 2 aromatic carbocycles. The summed E-state index contributed by atoms with van der Waals surface area (Å²) in [6, 6.07) is 15.2. The zero-order chi connectivity index (χ0) is 24.8. The number of carboxylic acid groups (broad SMARTS) is 1. The van der Waals surface area contributed by atoms with Gasteiger partial charge in [-0.2, -0.15) is 0 Å². The molecule has 35 heavy (non-hydrogen) atoms. The third-order valence-electron chi connectivity index (χ3n) is 7.31. The van der Waals surface area contributed by atoms with E-state index in [1.807, 2.05) is 36.4 Å².